The highest BCUT2D eigenvalue weighted by atomic mass is 32.2. The Morgan fingerprint density at radius 1 is 1.11 bits per heavy atom. The van der Waals surface area contributed by atoms with Crippen LogP contribution in [0.3, 0.4) is 0 Å². The van der Waals surface area contributed by atoms with Crippen LogP contribution in [-0.4, -0.2) is 31.5 Å². The lowest BCUT2D eigenvalue weighted by Crippen LogP contribution is -2.23. The highest BCUT2D eigenvalue weighted by Gasteiger charge is 2.21. The van der Waals surface area contributed by atoms with Gasteiger partial charge in [-0.05, 0) is 38.1 Å². The van der Waals surface area contributed by atoms with Crippen LogP contribution in [0.4, 0.5) is 5.69 Å². The molecule has 2 aromatic carbocycles. The lowest BCUT2D eigenvalue weighted by molar-refractivity contribution is -0.115. The second-order valence-corrected chi connectivity index (χ2v) is 8.34. The number of thioether (sulfide) groups is 1. The third kappa shape index (κ3) is 3.33. The number of thiazole rings is 1. The number of fused-ring (bicyclic) bond motifs is 3. The fourth-order valence-corrected chi connectivity index (χ4v) is 4.66. The number of nitrogens with zero attached hydrogens (tertiary/aromatic N) is 3. The molecular weight excluding hydrogens is 380 g/mol. The quantitative estimate of drug-likeness (QED) is 0.403. The number of carbonyl (C=O) groups excluding carboxylic acids is 2. The summed E-state index contributed by atoms with van der Waals surface area (Å²) >= 11 is 2.90. The molecule has 0 saturated carbocycles. The van der Waals surface area contributed by atoms with Crippen LogP contribution < -0.4 is 5.32 Å². The molecule has 0 unspecified atom stereocenters. The van der Waals surface area contributed by atoms with Gasteiger partial charge in [-0.1, -0.05) is 47.4 Å². The molecule has 0 fully saturated rings. The zero-order valence-corrected chi connectivity index (χ0v) is 16.3. The fourth-order valence-electron chi connectivity index (χ4n) is 2.78. The molecule has 27 heavy (non-hydrogen) atoms. The zero-order valence-electron chi connectivity index (χ0n) is 14.7. The highest BCUT2D eigenvalue weighted by Crippen LogP contribution is 2.31. The molecular formula is C19H16N4O2S2. The Bertz CT molecular complexity index is 1160. The van der Waals surface area contributed by atoms with Crippen LogP contribution in [0.15, 0.2) is 53.7 Å². The number of nitrogens with one attached hydrogen (secondary N) is 1. The maximum Gasteiger partial charge on any atom is 0.237 e. The van der Waals surface area contributed by atoms with Gasteiger partial charge in [-0.15, -0.1) is 10.2 Å². The summed E-state index contributed by atoms with van der Waals surface area (Å²) in [5.74, 6) is -0.278. The average molecular weight is 396 g/mol. The third-order valence-corrected chi connectivity index (χ3v) is 6.18. The minimum Gasteiger partial charge on any atom is -0.324 e. The van der Waals surface area contributed by atoms with Crippen LogP contribution in [-0.2, 0) is 4.79 Å². The van der Waals surface area contributed by atoms with Gasteiger partial charge in [0.25, 0.3) is 0 Å². The van der Waals surface area contributed by atoms with Gasteiger partial charge in [-0.25, -0.2) is 0 Å². The highest BCUT2D eigenvalue weighted by molar-refractivity contribution is 8.00. The Labute approximate surface area is 163 Å². The van der Waals surface area contributed by atoms with Gasteiger partial charge in [-0.3, -0.25) is 14.0 Å². The van der Waals surface area contributed by atoms with Crippen molar-refractivity contribution in [3.63, 3.8) is 0 Å². The normalized spacial score (nSPS) is 12.4. The first-order valence-electron chi connectivity index (χ1n) is 8.35. The number of hydrogen-bond donors (Lipinski definition) is 1. The summed E-state index contributed by atoms with van der Waals surface area (Å²) in [6, 6.07) is 15.0. The van der Waals surface area contributed by atoms with Crippen molar-refractivity contribution < 1.29 is 9.59 Å². The summed E-state index contributed by atoms with van der Waals surface area (Å²) < 4.78 is 3.09. The molecule has 1 amide bonds. The molecule has 0 aliphatic rings. The largest absolute Gasteiger partial charge is 0.324 e. The average Bonchev–Trinajstić information content (AvgIpc) is 3.21. The van der Waals surface area contributed by atoms with Crippen molar-refractivity contribution in [1.29, 1.82) is 0 Å². The van der Waals surface area contributed by atoms with E-state index in [0.717, 1.165) is 15.2 Å². The van der Waals surface area contributed by atoms with Crippen molar-refractivity contribution >= 4 is 55.7 Å². The Balaban J connectivity index is 1.57. The molecule has 0 saturated heterocycles. The number of rotatable bonds is 5. The number of hydrogen-bond acceptors (Lipinski definition) is 6. The van der Waals surface area contributed by atoms with E-state index >= 15 is 0 Å². The van der Waals surface area contributed by atoms with Crippen molar-refractivity contribution in [3.05, 3.63) is 54.1 Å². The van der Waals surface area contributed by atoms with Crippen molar-refractivity contribution in [2.24, 2.45) is 0 Å². The zero-order chi connectivity index (χ0) is 19.0. The molecule has 6 nitrogen and oxygen atoms in total. The molecule has 0 aliphatic carbocycles. The van der Waals surface area contributed by atoms with Gasteiger partial charge < -0.3 is 5.32 Å². The molecule has 2 aromatic heterocycles. The molecule has 0 bridgehead atoms. The van der Waals surface area contributed by atoms with E-state index in [4.69, 9.17) is 0 Å². The third-order valence-electron chi connectivity index (χ3n) is 4.13. The van der Waals surface area contributed by atoms with E-state index < -0.39 is 5.25 Å². The smallest absolute Gasteiger partial charge is 0.237 e. The Kier molecular flexibility index (Phi) is 4.67. The molecule has 0 spiro atoms. The molecule has 0 aliphatic heterocycles. The molecule has 0 radical (unpaired) electrons. The van der Waals surface area contributed by atoms with E-state index in [-0.39, 0.29) is 11.7 Å². The molecule has 4 aromatic rings. The van der Waals surface area contributed by atoms with Crippen LogP contribution in [0.25, 0.3) is 15.2 Å². The minimum absolute atomic E-state index is 0.0879. The van der Waals surface area contributed by atoms with Crippen molar-refractivity contribution in [2.45, 2.75) is 24.3 Å². The van der Waals surface area contributed by atoms with Gasteiger partial charge in [0.1, 0.15) is 0 Å². The Morgan fingerprint density at radius 2 is 1.85 bits per heavy atom. The van der Waals surface area contributed by atoms with Gasteiger partial charge >= 0.3 is 0 Å². The first-order valence-corrected chi connectivity index (χ1v) is 10.0. The second kappa shape index (κ2) is 7.13. The number of amides is 1. The summed E-state index contributed by atoms with van der Waals surface area (Å²) in [5.41, 5.74) is 2.05. The molecule has 1 N–H and O–H groups in total. The number of benzene rings is 2. The fraction of sp³-hybridized carbons (Fsp3) is 0.158. The van der Waals surface area contributed by atoms with Crippen molar-refractivity contribution in [3.8, 4) is 0 Å². The number of carbonyl (C=O) groups is 2. The second-order valence-electron chi connectivity index (χ2n) is 6.02. The van der Waals surface area contributed by atoms with Gasteiger partial charge in [0.05, 0.1) is 21.2 Å². The predicted octanol–water partition coefficient (Wildman–Crippen LogP) is 4.27. The van der Waals surface area contributed by atoms with Crippen LogP contribution in [0.2, 0.25) is 0 Å². The maximum absolute atomic E-state index is 12.7. The Morgan fingerprint density at radius 3 is 2.67 bits per heavy atom. The molecule has 8 heteroatoms. The van der Waals surface area contributed by atoms with Gasteiger partial charge in [0, 0.05) is 5.56 Å². The predicted molar refractivity (Wildman–Crippen MR) is 109 cm³/mol. The maximum atomic E-state index is 12.7. The van der Waals surface area contributed by atoms with Crippen molar-refractivity contribution in [1.82, 2.24) is 14.6 Å². The van der Waals surface area contributed by atoms with E-state index in [1.807, 2.05) is 35.6 Å². The topological polar surface area (TPSA) is 76.4 Å². The number of para-hydroxylation sites is 2. The molecule has 136 valence electrons. The van der Waals surface area contributed by atoms with Crippen molar-refractivity contribution in [2.75, 3.05) is 5.32 Å². The number of Topliss-reactive ketones (excluding diaryl/α,β-unsaturated/α-hetero) is 1. The monoisotopic (exact) mass is 396 g/mol. The number of aromatic nitrogens is 3. The van der Waals surface area contributed by atoms with Crippen LogP contribution in [0.1, 0.15) is 24.2 Å². The summed E-state index contributed by atoms with van der Waals surface area (Å²) in [5, 5.41) is 11.6. The molecule has 2 heterocycles. The molecule has 4 rings (SSSR count). The van der Waals surface area contributed by atoms with Crippen LogP contribution in [0.5, 0.6) is 0 Å². The minimum atomic E-state index is -0.406. The van der Waals surface area contributed by atoms with Gasteiger partial charge in [-0.2, -0.15) is 0 Å². The van der Waals surface area contributed by atoms with Crippen LogP contribution in [0, 0.1) is 0 Å². The summed E-state index contributed by atoms with van der Waals surface area (Å²) in [6.45, 7) is 3.30. The number of anilines is 1. The summed E-state index contributed by atoms with van der Waals surface area (Å²) in [4.78, 5) is 25.2. The van der Waals surface area contributed by atoms with E-state index in [0.29, 0.717) is 16.4 Å². The first kappa shape index (κ1) is 17.7. The van der Waals surface area contributed by atoms with E-state index in [1.165, 1.54) is 18.7 Å². The first-order chi connectivity index (χ1) is 13.0. The Hall–Kier alpha value is -2.71. The lowest BCUT2D eigenvalue weighted by atomic mass is 10.1. The summed E-state index contributed by atoms with van der Waals surface area (Å²) in [6.07, 6.45) is 0. The lowest BCUT2D eigenvalue weighted by Gasteiger charge is -2.13. The number of ketones is 1. The van der Waals surface area contributed by atoms with E-state index in [2.05, 4.69) is 15.5 Å². The van der Waals surface area contributed by atoms with E-state index in [9.17, 15) is 9.59 Å². The van der Waals surface area contributed by atoms with Gasteiger partial charge in [0.15, 0.2) is 10.9 Å². The molecule has 1 atom stereocenters. The van der Waals surface area contributed by atoms with E-state index in [1.54, 1.807) is 35.6 Å². The standard InChI is InChI=1S/C19H16N4O2S2/c1-11(24)13-7-3-4-8-14(13)20-17(25)12(2)26-18-21-22-19-23(18)15-9-5-6-10-16(15)27-19/h3-10,12H,1-2H3,(H,20,25)/t12-/m1/s1. The summed E-state index contributed by atoms with van der Waals surface area (Å²) in [7, 11) is 0. The SMILES string of the molecule is CC(=O)c1ccccc1NC(=O)[C@@H](C)Sc1nnc2sc3ccccc3n12. The van der Waals surface area contributed by atoms with Crippen LogP contribution >= 0.6 is 23.1 Å². The van der Waals surface area contributed by atoms with Gasteiger partial charge in [0.2, 0.25) is 10.9 Å².